The molecule has 2 nitrogen and oxygen atoms in total. The topological polar surface area (TPSA) is 20.2 Å². The summed E-state index contributed by atoms with van der Waals surface area (Å²) in [6, 6.07) is 2.81. The number of quaternary nitrogens is 1. The number of hydrogen-bond acceptors (Lipinski definition) is 0. The van der Waals surface area contributed by atoms with Crippen LogP contribution >= 0.6 is 0 Å². The average molecular weight is 225 g/mol. The largest absolute Gasteiger partial charge is 0.358 e. The van der Waals surface area contributed by atoms with E-state index in [1.165, 1.54) is 11.0 Å². The van der Waals surface area contributed by atoms with Crippen LogP contribution in [-0.2, 0) is 6.42 Å². The van der Waals surface area contributed by atoms with E-state index in [0.717, 1.165) is 23.9 Å². The zero-order valence-electron chi connectivity index (χ0n) is 9.40. The maximum absolute atomic E-state index is 13.4. The van der Waals surface area contributed by atoms with E-state index in [9.17, 15) is 8.78 Å². The Morgan fingerprint density at radius 1 is 1.25 bits per heavy atom. The van der Waals surface area contributed by atoms with Gasteiger partial charge in [-0.15, -0.1) is 0 Å². The van der Waals surface area contributed by atoms with Crippen LogP contribution in [0.5, 0.6) is 0 Å². The zero-order chi connectivity index (χ0) is 11.7. The van der Waals surface area contributed by atoms with Crippen molar-refractivity contribution < 1.29 is 13.7 Å². The van der Waals surface area contributed by atoms with Gasteiger partial charge in [0.2, 0.25) is 0 Å². The van der Waals surface area contributed by atoms with Gasteiger partial charge in [0.25, 0.3) is 0 Å². The van der Waals surface area contributed by atoms with Crippen LogP contribution in [0.4, 0.5) is 8.78 Å². The first-order chi connectivity index (χ1) is 7.59. The SMILES string of the molecule is C[NH+](C)CCc1c[nH]c2c(F)c(F)ccc12. The average Bonchev–Trinajstić information content (AvgIpc) is 2.64. The van der Waals surface area contributed by atoms with E-state index in [1.54, 1.807) is 12.3 Å². The van der Waals surface area contributed by atoms with Crippen molar-refractivity contribution in [3.05, 3.63) is 35.5 Å². The molecule has 0 aliphatic rings. The molecule has 0 saturated carbocycles. The van der Waals surface area contributed by atoms with Gasteiger partial charge < -0.3 is 9.88 Å². The molecule has 86 valence electrons. The van der Waals surface area contributed by atoms with Gasteiger partial charge in [0, 0.05) is 18.0 Å². The van der Waals surface area contributed by atoms with Crippen molar-refractivity contribution >= 4 is 10.9 Å². The second-order valence-electron chi connectivity index (χ2n) is 4.30. The molecule has 0 unspecified atom stereocenters. The number of likely N-dealkylation sites (N-methyl/N-ethyl adjacent to an activating group) is 1. The molecular formula is C12H15F2N2+. The number of benzene rings is 1. The summed E-state index contributed by atoms with van der Waals surface area (Å²) >= 11 is 0. The highest BCUT2D eigenvalue weighted by atomic mass is 19.2. The Morgan fingerprint density at radius 3 is 2.69 bits per heavy atom. The molecule has 0 atom stereocenters. The fourth-order valence-electron chi connectivity index (χ4n) is 1.79. The number of H-pyrrole nitrogens is 1. The normalized spacial score (nSPS) is 11.6. The Balaban J connectivity index is 2.38. The molecule has 0 aliphatic heterocycles. The van der Waals surface area contributed by atoms with Crippen molar-refractivity contribution in [1.29, 1.82) is 0 Å². The lowest BCUT2D eigenvalue weighted by molar-refractivity contribution is -0.858. The fraction of sp³-hybridized carbons (Fsp3) is 0.333. The molecule has 2 rings (SSSR count). The van der Waals surface area contributed by atoms with E-state index in [-0.39, 0.29) is 5.52 Å². The lowest BCUT2D eigenvalue weighted by atomic mass is 10.1. The Labute approximate surface area is 92.9 Å². The molecule has 1 aromatic carbocycles. The van der Waals surface area contributed by atoms with Gasteiger partial charge in [0.1, 0.15) is 0 Å². The van der Waals surface area contributed by atoms with Gasteiger partial charge in [-0.3, -0.25) is 0 Å². The Hall–Kier alpha value is -1.42. The van der Waals surface area contributed by atoms with Crippen molar-refractivity contribution in [1.82, 2.24) is 4.98 Å². The first-order valence-corrected chi connectivity index (χ1v) is 5.32. The number of halogens is 2. The van der Waals surface area contributed by atoms with E-state index in [2.05, 4.69) is 19.1 Å². The third-order valence-electron chi connectivity index (χ3n) is 2.73. The molecule has 2 aromatic rings. The summed E-state index contributed by atoms with van der Waals surface area (Å²) in [5, 5.41) is 0.778. The Morgan fingerprint density at radius 2 is 2.00 bits per heavy atom. The molecule has 0 fully saturated rings. The summed E-state index contributed by atoms with van der Waals surface area (Å²) < 4.78 is 26.4. The predicted octanol–water partition coefficient (Wildman–Crippen LogP) is 1.13. The first kappa shape index (κ1) is 11.1. The molecule has 0 amide bonds. The monoisotopic (exact) mass is 225 g/mol. The molecule has 0 aliphatic carbocycles. The number of nitrogens with one attached hydrogen (secondary N) is 2. The number of rotatable bonds is 3. The van der Waals surface area contributed by atoms with Crippen molar-refractivity contribution in [2.45, 2.75) is 6.42 Å². The molecule has 16 heavy (non-hydrogen) atoms. The number of aromatic amines is 1. The summed E-state index contributed by atoms with van der Waals surface area (Å²) in [6.07, 6.45) is 2.61. The smallest absolute Gasteiger partial charge is 0.182 e. The van der Waals surface area contributed by atoms with Crippen molar-refractivity contribution in [2.24, 2.45) is 0 Å². The summed E-state index contributed by atoms with van der Waals surface area (Å²) in [6.45, 7) is 0.964. The molecule has 0 radical (unpaired) electrons. The van der Waals surface area contributed by atoms with Gasteiger partial charge in [0.15, 0.2) is 11.6 Å². The summed E-state index contributed by atoms with van der Waals surface area (Å²) in [7, 11) is 4.13. The minimum absolute atomic E-state index is 0.267. The van der Waals surface area contributed by atoms with Crippen LogP contribution < -0.4 is 4.90 Å². The zero-order valence-corrected chi connectivity index (χ0v) is 9.40. The van der Waals surface area contributed by atoms with Gasteiger partial charge in [-0.25, -0.2) is 8.78 Å². The van der Waals surface area contributed by atoms with E-state index in [1.807, 2.05) is 0 Å². The van der Waals surface area contributed by atoms with E-state index >= 15 is 0 Å². The predicted molar refractivity (Wildman–Crippen MR) is 59.6 cm³/mol. The van der Waals surface area contributed by atoms with E-state index in [0.29, 0.717) is 0 Å². The maximum Gasteiger partial charge on any atom is 0.182 e. The molecule has 0 saturated heterocycles. The third-order valence-corrected chi connectivity index (χ3v) is 2.73. The van der Waals surface area contributed by atoms with Gasteiger partial charge in [-0.1, -0.05) is 0 Å². The van der Waals surface area contributed by atoms with Gasteiger partial charge >= 0.3 is 0 Å². The Bertz CT molecular complexity index is 503. The maximum atomic E-state index is 13.4. The van der Waals surface area contributed by atoms with Gasteiger partial charge in [-0.05, 0) is 17.7 Å². The summed E-state index contributed by atoms with van der Waals surface area (Å²) in [4.78, 5) is 4.13. The molecule has 2 N–H and O–H groups in total. The highest BCUT2D eigenvalue weighted by molar-refractivity contribution is 5.83. The Kier molecular flexibility index (Phi) is 2.92. The second kappa shape index (κ2) is 4.22. The van der Waals surface area contributed by atoms with Gasteiger partial charge in [-0.2, -0.15) is 0 Å². The fourth-order valence-corrected chi connectivity index (χ4v) is 1.79. The lowest BCUT2D eigenvalue weighted by Gasteiger charge is -2.05. The number of hydrogen-bond donors (Lipinski definition) is 2. The van der Waals surface area contributed by atoms with E-state index in [4.69, 9.17) is 0 Å². The highest BCUT2D eigenvalue weighted by Gasteiger charge is 2.12. The van der Waals surface area contributed by atoms with Crippen molar-refractivity contribution in [2.75, 3.05) is 20.6 Å². The van der Waals surface area contributed by atoms with Crippen molar-refractivity contribution in [3.63, 3.8) is 0 Å². The third kappa shape index (κ3) is 1.93. The molecule has 1 heterocycles. The minimum Gasteiger partial charge on any atom is -0.358 e. The molecule has 1 aromatic heterocycles. The van der Waals surface area contributed by atoms with E-state index < -0.39 is 11.6 Å². The van der Waals surface area contributed by atoms with Crippen LogP contribution in [0.25, 0.3) is 10.9 Å². The summed E-state index contributed by atoms with van der Waals surface area (Å²) in [5.41, 5.74) is 1.30. The standard InChI is InChI=1S/C12H14F2N2/c1-16(2)6-5-8-7-15-12-9(8)3-4-10(13)11(12)14/h3-4,7,15H,5-6H2,1-2H3/p+1. The van der Waals surface area contributed by atoms with Crippen molar-refractivity contribution in [3.8, 4) is 0 Å². The van der Waals surface area contributed by atoms with Crippen LogP contribution in [0.2, 0.25) is 0 Å². The van der Waals surface area contributed by atoms with Crippen LogP contribution in [-0.4, -0.2) is 25.6 Å². The number of aromatic nitrogens is 1. The lowest BCUT2D eigenvalue weighted by Crippen LogP contribution is -3.05. The minimum atomic E-state index is -0.806. The molecule has 0 bridgehead atoms. The number of fused-ring (bicyclic) bond motifs is 1. The van der Waals surface area contributed by atoms with Crippen LogP contribution in [0, 0.1) is 11.6 Å². The van der Waals surface area contributed by atoms with Crippen LogP contribution in [0.3, 0.4) is 0 Å². The summed E-state index contributed by atoms with van der Waals surface area (Å²) in [5.74, 6) is -1.60. The quantitative estimate of drug-likeness (QED) is 0.781. The first-order valence-electron chi connectivity index (χ1n) is 5.32. The molecule has 0 spiro atoms. The second-order valence-corrected chi connectivity index (χ2v) is 4.30. The van der Waals surface area contributed by atoms with Gasteiger partial charge in [0.05, 0.1) is 26.2 Å². The molecule has 4 heteroatoms. The molecular weight excluding hydrogens is 210 g/mol. The van der Waals surface area contributed by atoms with Crippen LogP contribution in [0.15, 0.2) is 18.3 Å². The van der Waals surface area contributed by atoms with Crippen LogP contribution in [0.1, 0.15) is 5.56 Å². The highest BCUT2D eigenvalue weighted by Crippen LogP contribution is 2.22.